The van der Waals surface area contributed by atoms with Gasteiger partial charge in [0.25, 0.3) is 0 Å². The molecule has 1 aliphatic heterocycles. The van der Waals surface area contributed by atoms with Gasteiger partial charge in [-0.2, -0.15) is 0 Å². The molecular weight excluding hydrogens is 614 g/mol. The van der Waals surface area contributed by atoms with Crippen LogP contribution in [0.3, 0.4) is 0 Å². The molecule has 0 spiro atoms. The molecule has 0 radical (unpaired) electrons. The van der Waals surface area contributed by atoms with Crippen molar-refractivity contribution in [1.29, 1.82) is 0 Å². The SMILES string of the molecule is CC(=O)OC[C@H]1O[C@@H](n2cc(C(O)c3ccc(Br)cc3)c3c(C)cccc32)[C@H](OC(C)=O)[C@@H](OC(C)=O)[C@@H]1OC(C)=O. The highest BCUT2D eigenvalue weighted by Gasteiger charge is 2.53. The number of aromatic nitrogens is 1. The van der Waals surface area contributed by atoms with Crippen molar-refractivity contribution >= 4 is 50.7 Å². The number of carbonyl (C=O) groups excluding carboxylic acids is 4. The minimum absolute atomic E-state index is 0.346. The third kappa shape index (κ3) is 6.83. The fourth-order valence-electron chi connectivity index (χ4n) is 5.20. The number of benzene rings is 2. The molecule has 1 unspecified atom stereocenters. The summed E-state index contributed by atoms with van der Waals surface area (Å²) >= 11 is 3.41. The van der Waals surface area contributed by atoms with Gasteiger partial charge in [-0.1, -0.05) is 40.2 Å². The number of hydrogen-bond acceptors (Lipinski definition) is 10. The number of aliphatic hydroxyl groups excluding tert-OH is 1. The number of halogens is 1. The molecular formula is C30H32BrNO10. The highest BCUT2D eigenvalue weighted by atomic mass is 79.9. The van der Waals surface area contributed by atoms with Crippen LogP contribution in [0.4, 0.5) is 0 Å². The van der Waals surface area contributed by atoms with E-state index in [1.807, 2.05) is 37.3 Å². The van der Waals surface area contributed by atoms with Crippen molar-refractivity contribution in [2.24, 2.45) is 0 Å². The number of nitrogens with zero attached hydrogens (tertiary/aromatic N) is 1. The Kier molecular flexibility index (Phi) is 9.70. The van der Waals surface area contributed by atoms with E-state index in [9.17, 15) is 24.3 Å². The number of rotatable bonds is 8. The first-order valence-corrected chi connectivity index (χ1v) is 14.0. The summed E-state index contributed by atoms with van der Waals surface area (Å²) in [6, 6.07) is 12.8. The van der Waals surface area contributed by atoms with E-state index in [4.69, 9.17) is 23.7 Å². The zero-order chi connectivity index (χ0) is 30.7. The Morgan fingerprint density at radius 2 is 1.48 bits per heavy atom. The Morgan fingerprint density at radius 3 is 2.07 bits per heavy atom. The number of esters is 4. The predicted octanol–water partition coefficient (Wildman–Crippen LogP) is 4.05. The molecule has 0 saturated carbocycles. The van der Waals surface area contributed by atoms with Gasteiger partial charge in [0.15, 0.2) is 24.5 Å². The van der Waals surface area contributed by atoms with Crippen LogP contribution < -0.4 is 0 Å². The van der Waals surface area contributed by atoms with Crippen LogP contribution >= 0.6 is 15.9 Å². The summed E-state index contributed by atoms with van der Waals surface area (Å²) < 4.78 is 30.9. The Labute approximate surface area is 250 Å². The molecule has 1 fully saturated rings. The zero-order valence-electron chi connectivity index (χ0n) is 23.7. The number of aliphatic hydroxyl groups is 1. The molecule has 0 amide bonds. The minimum atomic E-state index is -1.32. The van der Waals surface area contributed by atoms with Gasteiger partial charge < -0.3 is 33.4 Å². The molecule has 224 valence electrons. The number of ether oxygens (including phenoxy) is 5. The van der Waals surface area contributed by atoms with Gasteiger partial charge in [0.05, 0.1) is 5.52 Å². The summed E-state index contributed by atoms with van der Waals surface area (Å²) in [5, 5.41) is 12.2. The highest BCUT2D eigenvalue weighted by Crippen LogP contribution is 2.40. The Balaban J connectivity index is 1.91. The lowest BCUT2D eigenvalue weighted by Crippen LogP contribution is -2.60. The number of aryl methyl sites for hydroxylation is 1. The Hall–Kier alpha value is -3.74. The van der Waals surface area contributed by atoms with E-state index in [-0.39, 0.29) is 6.61 Å². The van der Waals surface area contributed by atoms with Crippen LogP contribution in [-0.4, -0.2) is 64.6 Å². The quantitative estimate of drug-likeness (QED) is 0.282. The average Bonchev–Trinajstić information content (AvgIpc) is 3.30. The molecule has 0 bridgehead atoms. The lowest BCUT2D eigenvalue weighted by atomic mass is 9.97. The van der Waals surface area contributed by atoms with Crippen molar-refractivity contribution in [2.45, 2.75) is 71.4 Å². The van der Waals surface area contributed by atoms with E-state index in [2.05, 4.69) is 15.9 Å². The summed E-state index contributed by atoms with van der Waals surface area (Å²) in [4.78, 5) is 48.4. The second-order valence-electron chi connectivity index (χ2n) is 10.0. The van der Waals surface area contributed by atoms with Crippen LogP contribution in [0, 0.1) is 6.92 Å². The topological polar surface area (TPSA) is 140 Å². The van der Waals surface area contributed by atoms with Gasteiger partial charge in [-0.3, -0.25) is 19.2 Å². The van der Waals surface area contributed by atoms with Crippen LogP contribution in [0.15, 0.2) is 53.1 Å². The van der Waals surface area contributed by atoms with Crippen LogP contribution in [0.1, 0.15) is 56.7 Å². The smallest absolute Gasteiger partial charge is 0.303 e. The van der Waals surface area contributed by atoms with Gasteiger partial charge in [0.2, 0.25) is 0 Å². The lowest BCUT2D eigenvalue weighted by molar-refractivity contribution is -0.267. The largest absolute Gasteiger partial charge is 0.463 e. The van der Waals surface area contributed by atoms with Crippen LogP contribution in [-0.2, 0) is 42.9 Å². The minimum Gasteiger partial charge on any atom is -0.463 e. The molecule has 1 saturated heterocycles. The van der Waals surface area contributed by atoms with Gasteiger partial charge in [-0.05, 0) is 36.2 Å². The van der Waals surface area contributed by atoms with Gasteiger partial charge in [-0.25, -0.2) is 0 Å². The van der Waals surface area contributed by atoms with Gasteiger partial charge in [0, 0.05) is 49.3 Å². The molecule has 2 aromatic carbocycles. The summed E-state index contributed by atoms with van der Waals surface area (Å²) in [5.74, 6) is -2.74. The van der Waals surface area contributed by atoms with Crippen molar-refractivity contribution in [3.05, 3.63) is 69.8 Å². The maximum absolute atomic E-state index is 12.3. The van der Waals surface area contributed by atoms with E-state index in [1.165, 1.54) is 27.7 Å². The fraction of sp³-hybridized carbons (Fsp3) is 0.400. The van der Waals surface area contributed by atoms with Crippen molar-refractivity contribution in [2.75, 3.05) is 6.61 Å². The van der Waals surface area contributed by atoms with Gasteiger partial charge >= 0.3 is 23.9 Å². The highest BCUT2D eigenvalue weighted by molar-refractivity contribution is 9.10. The maximum Gasteiger partial charge on any atom is 0.303 e. The molecule has 1 aliphatic rings. The molecule has 42 heavy (non-hydrogen) atoms. The molecule has 11 nitrogen and oxygen atoms in total. The summed E-state index contributed by atoms with van der Waals surface area (Å²) in [7, 11) is 0. The maximum atomic E-state index is 12.3. The molecule has 6 atom stereocenters. The van der Waals surface area contributed by atoms with Crippen LogP contribution in [0.2, 0.25) is 0 Å². The molecule has 3 aromatic rings. The monoisotopic (exact) mass is 645 g/mol. The number of fused-ring (bicyclic) bond motifs is 1. The Morgan fingerprint density at radius 1 is 0.881 bits per heavy atom. The number of carbonyl (C=O) groups is 4. The lowest BCUT2D eigenvalue weighted by Gasteiger charge is -2.44. The standard InChI is InChI=1S/C30H32BrNO10/c1-15-7-6-8-23-25(15)22(26(37)20-9-11-21(31)12-10-20)13-32(23)30-29(41-19(5)36)28(40-18(4)35)27(39-17(3)34)24(42-30)14-38-16(2)33/h6-13,24,26-30,37H,14H2,1-5H3/t24-,26?,27-,28+,29-,30-/m1/s1. The second-order valence-corrected chi connectivity index (χ2v) is 10.9. The first-order chi connectivity index (χ1) is 19.9. The summed E-state index contributed by atoms with van der Waals surface area (Å²) in [5.41, 5.74) is 2.69. The van der Waals surface area contributed by atoms with Crippen molar-refractivity contribution in [3.8, 4) is 0 Å². The fourth-order valence-corrected chi connectivity index (χ4v) is 5.46. The third-order valence-electron chi connectivity index (χ3n) is 6.82. The molecule has 4 rings (SSSR count). The normalized spacial score (nSPS) is 22.7. The van der Waals surface area contributed by atoms with Crippen molar-refractivity contribution < 1.29 is 48.0 Å². The average molecular weight is 646 g/mol. The second kappa shape index (κ2) is 13.1. The van der Waals surface area contributed by atoms with Gasteiger partial charge in [0.1, 0.15) is 18.8 Å². The third-order valence-corrected chi connectivity index (χ3v) is 7.35. The van der Waals surface area contributed by atoms with Crippen molar-refractivity contribution in [1.82, 2.24) is 4.57 Å². The van der Waals surface area contributed by atoms with E-state index in [0.29, 0.717) is 16.6 Å². The number of hydrogen-bond donors (Lipinski definition) is 1. The summed E-state index contributed by atoms with van der Waals surface area (Å²) in [6.07, 6.45) is -5.50. The van der Waals surface area contributed by atoms with Gasteiger partial charge in [-0.15, -0.1) is 0 Å². The first-order valence-electron chi connectivity index (χ1n) is 13.2. The van der Waals surface area contributed by atoms with Crippen molar-refractivity contribution in [3.63, 3.8) is 0 Å². The molecule has 2 heterocycles. The zero-order valence-corrected chi connectivity index (χ0v) is 25.3. The van der Waals surface area contributed by atoms with Crippen LogP contribution in [0.5, 0.6) is 0 Å². The molecule has 0 aliphatic carbocycles. The Bertz CT molecular complexity index is 1480. The van der Waals surface area contributed by atoms with E-state index < -0.39 is 60.6 Å². The molecule has 1 N–H and O–H groups in total. The van der Waals surface area contributed by atoms with E-state index in [1.54, 1.807) is 22.9 Å². The van der Waals surface area contributed by atoms with E-state index in [0.717, 1.165) is 15.4 Å². The summed E-state index contributed by atoms with van der Waals surface area (Å²) in [6.45, 7) is 6.29. The first kappa shape index (κ1) is 31.2. The van der Waals surface area contributed by atoms with E-state index >= 15 is 0 Å². The van der Waals surface area contributed by atoms with Crippen LogP contribution in [0.25, 0.3) is 10.9 Å². The predicted molar refractivity (Wildman–Crippen MR) is 152 cm³/mol. The molecule has 1 aromatic heterocycles. The molecule has 12 heteroatoms.